The molecule has 0 aliphatic rings. The van der Waals surface area contributed by atoms with Gasteiger partial charge in [0, 0.05) is 13.1 Å². The SMILES string of the molecule is CCCCCCCCCCCCCCCCCCN(CCCCCCCCCCCCCCCCCC)C(=O)c1ccccc1C(N)=O. The number of carbonyl (C=O) groups is 2. The zero-order valence-electron chi connectivity index (χ0n) is 32.2. The summed E-state index contributed by atoms with van der Waals surface area (Å²) in [6, 6.07) is 7.06. The van der Waals surface area contributed by atoms with Crippen LogP contribution in [0, 0.1) is 0 Å². The zero-order valence-corrected chi connectivity index (χ0v) is 32.2. The van der Waals surface area contributed by atoms with Crippen molar-refractivity contribution < 1.29 is 9.59 Å². The van der Waals surface area contributed by atoms with E-state index in [-0.39, 0.29) is 5.91 Å². The Labute approximate surface area is 299 Å². The summed E-state index contributed by atoms with van der Waals surface area (Å²) in [5, 5.41) is 0. The molecule has 4 heteroatoms. The first-order valence-corrected chi connectivity index (χ1v) is 21.3. The lowest BCUT2D eigenvalue weighted by molar-refractivity contribution is 0.0744. The van der Waals surface area contributed by atoms with Gasteiger partial charge in [0.2, 0.25) is 5.91 Å². The highest BCUT2D eigenvalue weighted by Gasteiger charge is 2.20. The molecule has 1 aromatic carbocycles. The average molecular weight is 669 g/mol. The van der Waals surface area contributed by atoms with E-state index >= 15 is 0 Å². The summed E-state index contributed by atoms with van der Waals surface area (Å²) in [5.74, 6) is -0.560. The van der Waals surface area contributed by atoms with Crippen molar-refractivity contribution in [3.05, 3.63) is 35.4 Å². The molecule has 0 aliphatic heterocycles. The van der Waals surface area contributed by atoms with Gasteiger partial charge in [-0.2, -0.15) is 0 Å². The molecular weight excluding hydrogens is 588 g/mol. The third-order valence-corrected chi connectivity index (χ3v) is 10.3. The average Bonchev–Trinajstić information content (AvgIpc) is 3.10. The highest BCUT2D eigenvalue weighted by Crippen LogP contribution is 2.18. The summed E-state index contributed by atoms with van der Waals surface area (Å²) in [6.07, 6.45) is 43.0. The van der Waals surface area contributed by atoms with Gasteiger partial charge >= 0.3 is 0 Å². The Morgan fingerprint density at radius 2 is 0.667 bits per heavy atom. The van der Waals surface area contributed by atoms with Crippen molar-refractivity contribution in [2.45, 2.75) is 219 Å². The largest absolute Gasteiger partial charge is 0.366 e. The second-order valence-corrected chi connectivity index (χ2v) is 14.8. The van der Waals surface area contributed by atoms with E-state index in [1.54, 1.807) is 18.2 Å². The summed E-state index contributed by atoms with van der Waals surface area (Å²) < 4.78 is 0. The number of hydrogen-bond donors (Lipinski definition) is 1. The number of rotatable bonds is 36. The minimum atomic E-state index is -0.524. The van der Waals surface area contributed by atoms with E-state index in [1.165, 1.54) is 180 Å². The molecule has 0 heterocycles. The molecule has 0 aliphatic carbocycles. The van der Waals surface area contributed by atoms with Crippen molar-refractivity contribution in [3.63, 3.8) is 0 Å². The molecule has 0 bridgehead atoms. The van der Waals surface area contributed by atoms with Crippen molar-refractivity contribution in [3.8, 4) is 0 Å². The first kappa shape index (κ1) is 44.2. The van der Waals surface area contributed by atoms with Crippen LogP contribution in [0.15, 0.2) is 24.3 Å². The van der Waals surface area contributed by atoms with Gasteiger partial charge in [-0.25, -0.2) is 0 Å². The molecule has 0 unspecified atom stereocenters. The van der Waals surface area contributed by atoms with E-state index in [4.69, 9.17) is 5.73 Å². The molecule has 0 saturated carbocycles. The van der Waals surface area contributed by atoms with E-state index in [9.17, 15) is 9.59 Å². The summed E-state index contributed by atoms with van der Waals surface area (Å²) in [7, 11) is 0. The minimum Gasteiger partial charge on any atom is -0.366 e. The van der Waals surface area contributed by atoms with Crippen molar-refractivity contribution in [1.82, 2.24) is 4.90 Å². The predicted octanol–water partition coefficient (Wildman–Crippen LogP) is 13.8. The molecule has 0 atom stereocenters. The van der Waals surface area contributed by atoms with E-state index in [0.29, 0.717) is 11.1 Å². The van der Waals surface area contributed by atoms with Crippen LogP contribution >= 0.6 is 0 Å². The fourth-order valence-corrected chi connectivity index (χ4v) is 7.07. The topological polar surface area (TPSA) is 63.4 Å². The van der Waals surface area contributed by atoms with Gasteiger partial charge in [0.25, 0.3) is 5.91 Å². The minimum absolute atomic E-state index is 0.0358. The van der Waals surface area contributed by atoms with Crippen LogP contribution in [0.4, 0.5) is 0 Å². The third-order valence-electron chi connectivity index (χ3n) is 10.3. The number of hydrogen-bond acceptors (Lipinski definition) is 2. The second kappa shape index (κ2) is 33.6. The quantitative estimate of drug-likeness (QED) is 0.0723. The molecule has 2 N–H and O–H groups in total. The van der Waals surface area contributed by atoms with Gasteiger partial charge in [0.05, 0.1) is 11.1 Å². The van der Waals surface area contributed by atoms with Crippen LogP contribution in [0.3, 0.4) is 0 Å². The summed E-state index contributed by atoms with van der Waals surface area (Å²) in [4.78, 5) is 27.6. The number of unbranched alkanes of at least 4 members (excludes halogenated alkanes) is 30. The lowest BCUT2D eigenvalue weighted by Gasteiger charge is -2.24. The predicted molar refractivity (Wildman–Crippen MR) is 210 cm³/mol. The maximum atomic E-state index is 13.6. The molecule has 0 fully saturated rings. The van der Waals surface area contributed by atoms with Gasteiger partial charge in [0.15, 0.2) is 0 Å². The molecule has 0 aromatic heterocycles. The van der Waals surface area contributed by atoms with Crippen LogP contribution in [0.25, 0.3) is 0 Å². The Balaban J connectivity index is 2.22. The maximum absolute atomic E-state index is 13.6. The first-order chi connectivity index (χ1) is 23.6. The number of carbonyl (C=O) groups excluding carboxylic acids is 2. The normalized spacial score (nSPS) is 11.3. The fourth-order valence-electron chi connectivity index (χ4n) is 7.07. The molecule has 4 nitrogen and oxygen atoms in total. The van der Waals surface area contributed by atoms with E-state index in [0.717, 1.165) is 38.8 Å². The number of nitrogens with two attached hydrogens (primary N) is 1. The molecule has 1 aromatic rings. The first-order valence-electron chi connectivity index (χ1n) is 21.3. The van der Waals surface area contributed by atoms with Gasteiger partial charge in [0.1, 0.15) is 0 Å². The lowest BCUT2D eigenvalue weighted by Crippen LogP contribution is -2.34. The molecule has 0 spiro atoms. The second-order valence-electron chi connectivity index (χ2n) is 14.8. The highest BCUT2D eigenvalue weighted by atomic mass is 16.2. The third kappa shape index (κ3) is 25.2. The smallest absolute Gasteiger partial charge is 0.254 e. The molecular formula is C44H80N2O2. The Hall–Kier alpha value is -1.84. The summed E-state index contributed by atoms with van der Waals surface area (Å²) >= 11 is 0. The Morgan fingerprint density at radius 3 is 0.938 bits per heavy atom. The highest BCUT2D eigenvalue weighted by molar-refractivity contribution is 6.06. The Kier molecular flexibility index (Phi) is 31.0. The van der Waals surface area contributed by atoms with E-state index < -0.39 is 5.91 Å². The molecule has 48 heavy (non-hydrogen) atoms. The van der Waals surface area contributed by atoms with Crippen molar-refractivity contribution in [1.29, 1.82) is 0 Å². The monoisotopic (exact) mass is 669 g/mol. The molecule has 0 saturated heterocycles. The summed E-state index contributed by atoms with van der Waals surface area (Å²) in [6.45, 7) is 6.11. The van der Waals surface area contributed by atoms with Crippen molar-refractivity contribution >= 4 is 11.8 Å². The van der Waals surface area contributed by atoms with Crippen LogP contribution in [-0.2, 0) is 0 Å². The lowest BCUT2D eigenvalue weighted by atomic mass is 10.0. The van der Waals surface area contributed by atoms with Gasteiger partial charge in [-0.15, -0.1) is 0 Å². The van der Waals surface area contributed by atoms with Gasteiger partial charge in [-0.1, -0.05) is 219 Å². The van der Waals surface area contributed by atoms with Gasteiger partial charge in [-0.3, -0.25) is 9.59 Å². The van der Waals surface area contributed by atoms with Gasteiger partial charge < -0.3 is 10.6 Å². The number of benzene rings is 1. The molecule has 278 valence electrons. The summed E-state index contributed by atoms with van der Waals surface area (Å²) in [5.41, 5.74) is 6.42. The number of nitrogens with zero attached hydrogens (tertiary/aromatic N) is 1. The fraction of sp³-hybridized carbons (Fsp3) is 0.818. The van der Waals surface area contributed by atoms with E-state index in [2.05, 4.69) is 13.8 Å². The van der Waals surface area contributed by atoms with Crippen LogP contribution in [-0.4, -0.2) is 29.8 Å². The zero-order chi connectivity index (χ0) is 34.8. The number of amides is 2. The van der Waals surface area contributed by atoms with Crippen LogP contribution in [0.2, 0.25) is 0 Å². The molecule has 0 radical (unpaired) electrons. The van der Waals surface area contributed by atoms with E-state index in [1.807, 2.05) is 11.0 Å². The van der Waals surface area contributed by atoms with Gasteiger partial charge in [-0.05, 0) is 25.0 Å². The van der Waals surface area contributed by atoms with Crippen LogP contribution in [0.5, 0.6) is 0 Å². The van der Waals surface area contributed by atoms with Crippen molar-refractivity contribution in [2.24, 2.45) is 5.73 Å². The Bertz CT molecular complexity index is 833. The molecule has 2 amide bonds. The van der Waals surface area contributed by atoms with Crippen LogP contribution < -0.4 is 5.73 Å². The number of primary amides is 1. The Morgan fingerprint density at radius 1 is 0.417 bits per heavy atom. The standard InChI is InChI=1S/C44H80N2O2/c1-3-5-7-9-11-13-15-17-19-21-23-25-27-29-31-35-39-46(44(48)42-38-34-33-37-41(42)43(45)47)40-36-32-30-28-26-24-22-20-18-16-14-12-10-8-6-4-2/h33-34,37-38H,3-32,35-36,39-40H2,1-2H3,(H2,45,47). The van der Waals surface area contributed by atoms with Crippen LogP contribution in [0.1, 0.15) is 240 Å². The van der Waals surface area contributed by atoms with Crippen molar-refractivity contribution in [2.75, 3.05) is 13.1 Å². The maximum Gasteiger partial charge on any atom is 0.254 e. The molecule has 1 rings (SSSR count).